The third-order valence-electron chi connectivity index (χ3n) is 1.28. The quantitative estimate of drug-likeness (QED) is 0.306. The molecule has 0 spiro atoms. The van der Waals surface area contributed by atoms with Gasteiger partial charge in [-0.3, -0.25) is 0 Å². The molecule has 0 rings (SSSR count). The van der Waals surface area contributed by atoms with Crippen LogP contribution >= 0.6 is 0 Å². The fourth-order valence-corrected chi connectivity index (χ4v) is 0.891. The molecule has 0 aliphatic rings. The van der Waals surface area contributed by atoms with Crippen LogP contribution in [0.1, 0.15) is 0 Å². The predicted molar refractivity (Wildman–Crippen MR) is 41.8 cm³/mol. The van der Waals surface area contributed by atoms with Crippen molar-refractivity contribution in [1.29, 1.82) is 0 Å². The van der Waals surface area contributed by atoms with Gasteiger partial charge in [0.05, 0.1) is 14.2 Å². The van der Waals surface area contributed by atoms with Gasteiger partial charge in [-0.15, -0.1) is 0 Å². The van der Waals surface area contributed by atoms with E-state index in [9.17, 15) is 39.5 Å². The third-order valence-corrected chi connectivity index (χ3v) is 2.18. The van der Waals surface area contributed by atoms with Gasteiger partial charge < -0.3 is 0 Å². The van der Waals surface area contributed by atoms with Crippen molar-refractivity contribution in [3.63, 3.8) is 0 Å². The molecule has 19 heavy (non-hydrogen) atoms. The first kappa shape index (κ1) is 21.3. The van der Waals surface area contributed by atoms with Crippen LogP contribution in [0.4, 0.5) is 39.5 Å². The molecule has 13 heteroatoms. The first-order valence-corrected chi connectivity index (χ1v) is 5.28. The van der Waals surface area contributed by atoms with Crippen molar-refractivity contribution in [2.45, 2.75) is 22.0 Å². The summed E-state index contributed by atoms with van der Waals surface area (Å²) in [5, 5.41) is 3.83. The molecule has 3 radical (unpaired) electrons. The Kier molecular flexibility index (Phi) is 8.06. The van der Waals surface area contributed by atoms with Gasteiger partial charge in [0.2, 0.25) is 0 Å². The van der Waals surface area contributed by atoms with Crippen LogP contribution in [0, 0.1) is 0 Å². The zero-order valence-electron chi connectivity index (χ0n) is 9.13. The van der Waals surface area contributed by atoms with Crippen LogP contribution in [0.3, 0.4) is 0 Å². The average molecular weight is 416 g/mol. The molecule has 0 aliphatic carbocycles. The average Bonchev–Trinajstić information content (AvgIpc) is 2.16. The summed E-state index contributed by atoms with van der Waals surface area (Å²) < 4.78 is 100.0. The van der Waals surface area contributed by atoms with E-state index in [1.54, 1.807) is 0 Å². The summed E-state index contributed by atoms with van der Waals surface area (Å²) in [7, 11) is 2.73. The summed E-state index contributed by atoms with van der Waals surface area (Å²) >= 11 is -1.43. The van der Waals surface area contributed by atoms with Gasteiger partial charge in [0.25, 0.3) is 0 Å². The van der Waals surface area contributed by atoms with E-state index < -0.39 is 44.5 Å². The molecule has 0 aliphatic heterocycles. The second-order valence-corrected chi connectivity index (χ2v) is 4.41. The van der Waals surface area contributed by atoms with Crippen LogP contribution in [-0.2, 0) is 14.8 Å². The number of alkyl halides is 9. The van der Waals surface area contributed by atoms with Gasteiger partial charge in [-0.05, 0) is 0 Å². The molecule has 0 saturated heterocycles. The van der Waals surface area contributed by atoms with Crippen molar-refractivity contribution < 1.29 is 54.3 Å². The van der Waals surface area contributed by atoms with Gasteiger partial charge in [-0.2, -0.15) is 0 Å². The molecule has 0 aromatic rings. The summed E-state index contributed by atoms with van der Waals surface area (Å²) in [6.07, 6.45) is -6.71. The minimum absolute atomic E-state index is 1.36. The topological polar surface area (TPSA) is 27.7 Å². The Bertz CT molecular complexity index is 236. The molecule has 0 saturated carbocycles. The summed E-state index contributed by atoms with van der Waals surface area (Å²) in [6.45, 7) is 0. The Labute approximate surface area is 113 Å². The molecule has 0 heterocycles. The number of hydrogen-bond donors (Lipinski definition) is 0. The van der Waals surface area contributed by atoms with E-state index in [0.29, 0.717) is 0 Å². The van der Waals surface area contributed by atoms with Gasteiger partial charge >= 0.3 is 84.0 Å². The first-order valence-electron chi connectivity index (χ1n) is 3.85. The number of hydrogen-bond acceptors (Lipinski definition) is 3. The minimum atomic E-state index is -6.74. The molecular weight excluding hydrogens is 410 g/mol. The molecule has 3 nitrogen and oxygen atoms in total. The molecule has 115 valence electrons. The van der Waals surface area contributed by atoms with Crippen LogP contribution in [0.15, 0.2) is 0 Å². The van der Waals surface area contributed by atoms with Crippen LogP contribution in [0.25, 0.3) is 0 Å². The predicted octanol–water partition coefficient (Wildman–Crippen LogP) is 2.71. The molecule has 0 N–H and O–H groups in total. The van der Waals surface area contributed by atoms with Crippen molar-refractivity contribution in [1.82, 2.24) is 0 Å². The van der Waals surface area contributed by atoms with E-state index >= 15 is 0 Å². The summed E-state index contributed by atoms with van der Waals surface area (Å²) in [4.78, 5) is 7.94. The molecule has 0 bridgehead atoms. The van der Waals surface area contributed by atoms with Gasteiger partial charge in [0.15, 0.2) is 0 Å². The van der Waals surface area contributed by atoms with Crippen LogP contribution < -0.4 is 0 Å². The Balaban J connectivity index is 0. The molecule has 0 fully saturated rings. The zero-order chi connectivity index (χ0) is 16.1. The van der Waals surface area contributed by atoms with Crippen molar-refractivity contribution >= 4 is 22.5 Å². The molecule has 0 amide bonds. The van der Waals surface area contributed by atoms with Gasteiger partial charge in [0.1, 0.15) is 0 Å². The van der Waals surface area contributed by atoms with Gasteiger partial charge in [-0.1, -0.05) is 5.04 Å². The first-order chi connectivity index (χ1) is 8.16. The van der Waals surface area contributed by atoms with Crippen LogP contribution in [0.2, 0.25) is 0 Å². The molecule has 0 aromatic heterocycles. The van der Waals surface area contributed by atoms with E-state index in [0.717, 1.165) is 0 Å². The molecule has 0 unspecified atom stereocenters. The van der Waals surface area contributed by atoms with E-state index in [4.69, 9.17) is 0 Å². The van der Waals surface area contributed by atoms with Crippen molar-refractivity contribution in [2.24, 2.45) is 0 Å². The Morgan fingerprint density at radius 1 is 0.684 bits per heavy atom. The van der Waals surface area contributed by atoms with E-state index in [1.165, 1.54) is 14.2 Å². The number of rotatable bonds is 4. The standard InChI is InChI=1S/C4F9.C2H6O3.Sn/c5-1(6)2(7,8)3(9,10)4(11,12)13;1-3-5-4-2;/h;1-2H3;. The Hall–Kier alpha value is 0.0487. The van der Waals surface area contributed by atoms with Crippen molar-refractivity contribution in [3.8, 4) is 0 Å². The normalized spacial score (nSPS) is 13.9. The summed E-state index contributed by atoms with van der Waals surface area (Å²) in [6, 6.07) is 0. The molecular formula is C6H6F9O3Sn. The van der Waals surface area contributed by atoms with Crippen LogP contribution in [-0.4, -0.2) is 58.7 Å². The summed E-state index contributed by atoms with van der Waals surface area (Å²) in [5.74, 6) is -13.2. The Morgan fingerprint density at radius 3 is 1.05 bits per heavy atom. The Morgan fingerprint density at radius 2 is 1.00 bits per heavy atom. The second kappa shape index (κ2) is 7.17. The monoisotopic (exact) mass is 417 g/mol. The fraction of sp³-hybridized carbons (Fsp3) is 1.00. The maximum absolute atomic E-state index is 12.0. The molecule has 0 aromatic carbocycles. The van der Waals surface area contributed by atoms with Crippen LogP contribution in [0.5, 0.6) is 0 Å². The van der Waals surface area contributed by atoms with Crippen molar-refractivity contribution in [3.05, 3.63) is 0 Å². The second-order valence-electron chi connectivity index (χ2n) is 2.62. The summed E-state index contributed by atoms with van der Waals surface area (Å²) in [5.41, 5.74) is 0. The third kappa shape index (κ3) is 5.51. The van der Waals surface area contributed by atoms with E-state index in [1.807, 2.05) is 0 Å². The SMILES string of the molecule is COOOC.FC(F)(F)C(F)(F)C(F)(F)[C](F)(F)[Sn]. The van der Waals surface area contributed by atoms with Gasteiger partial charge in [0, 0.05) is 0 Å². The fourth-order valence-electron chi connectivity index (χ4n) is 0.443. The zero-order valence-corrected chi connectivity index (χ0v) is 12.0. The number of halogens is 9. The maximum atomic E-state index is 12.0. The van der Waals surface area contributed by atoms with Gasteiger partial charge in [-0.25, -0.2) is 9.78 Å². The van der Waals surface area contributed by atoms with E-state index in [2.05, 4.69) is 14.8 Å². The molecule has 0 atom stereocenters. The van der Waals surface area contributed by atoms with E-state index in [-0.39, 0.29) is 0 Å². The van der Waals surface area contributed by atoms with Crippen molar-refractivity contribution in [2.75, 3.05) is 14.2 Å².